The molecule has 0 aromatic heterocycles. The maximum Gasteiger partial charge on any atom is 0.308 e. The van der Waals surface area contributed by atoms with E-state index < -0.39 is 18.2 Å². The predicted molar refractivity (Wildman–Crippen MR) is 88.4 cm³/mol. The average molecular weight is 315 g/mol. The van der Waals surface area contributed by atoms with Gasteiger partial charge in [0.15, 0.2) is 0 Å². The van der Waals surface area contributed by atoms with Gasteiger partial charge in [0.2, 0.25) is 0 Å². The molecule has 2 aromatic rings. The smallest absolute Gasteiger partial charge is 0.308 e. The Morgan fingerprint density at radius 3 is 2.43 bits per heavy atom. The molecular formula is C18H21NO4. The molecule has 2 unspecified atom stereocenters. The van der Waals surface area contributed by atoms with E-state index in [1.165, 1.54) is 0 Å². The summed E-state index contributed by atoms with van der Waals surface area (Å²) in [6.07, 6.45) is -2.67. The predicted octanol–water partition coefficient (Wildman–Crippen LogP) is 2.78. The second-order valence-corrected chi connectivity index (χ2v) is 5.10. The number of esters is 1. The summed E-state index contributed by atoms with van der Waals surface area (Å²) in [6, 6.07) is 16.6. The molecule has 0 aliphatic rings. The van der Waals surface area contributed by atoms with E-state index in [9.17, 15) is 15.0 Å². The van der Waals surface area contributed by atoms with E-state index >= 15 is 0 Å². The fraction of sp³-hybridized carbons (Fsp3) is 0.278. The minimum atomic E-state index is -1.23. The molecule has 2 aromatic carbocycles. The second kappa shape index (κ2) is 8.31. The maximum absolute atomic E-state index is 11.5. The zero-order valence-electron chi connectivity index (χ0n) is 13.0. The van der Waals surface area contributed by atoms with Crippen LogP contribution in [0.15, 0.2) is 54.6 Å². The van der Waals surface area contributed by atoms with Crippen LogP contribution in [0.25, 0.3) is 0 Å². The lowest BCUT2D eigenvalue weighted by Crippen LogP contribution is -2.23. The van der Waals surface area contributed by atoms with Crippen molar-refractivity contribution in [2.45, 2.75) is 25.6 Å². The van der Waals surface area contributed by atoms with Crippen LogP contribution in [0.3, 0.4) is 0 Å². The fourth-order valence-corrected chi connectivity index (χ4v) is 2.26. The largest absolute Gasteiger partial charge is 0.466 e. The first-order valence-electron chi connectivity index (χ1n) is 7.54. The number of anilines is 2. The molecule has 5 heteroatoms. The first-order valence-corrected chi connectivity index (χ1v) is 7.54. The van der Waals surface area contributed by atoms with Crippen molar-refractivity contribution in [1.29, 1.82) is 0 Å². The van der Waals surface area contributed by atoms with Crippen molar-refractivity contribution in [1.82, 2.24) is 0 Å². The number of benzene rings is 2. The Bertz CT molecular complexity index is 630. The molecule has 0 spiro atoms. The van der Waals surface area contributed by atoms with Gasteiger partial charge >= 0.3 is 5.97 Å². The second-order valence-electron chi connectivity index (χ2n) is 5.10. The zero-order valence-corrected chi connectivity index (χ0v) is 13.0. The van der Waals surface area contributed by atoms with Crippen molar-refractivity contribution in [3.8, 4) is 0 Å². The standard InChI is InChI=1S/C18H21NO4/c1-2-23-17(21)12-16(20)18(22)14-10-6-7-11-15(14)19-13-8-4-3-5-9-13/h3-11,16,18-20,22H,2,12H2,1H3. The van der Waals surface area contributed by atoms with Gasteiger partial charge in [0.05, 0.1) is 19.1 Å². The third-order valence-corrected chi connectivity index (χ3v) is 3.38. The maximum atomic E-state index is 11.5. The highest BCUT2D eigenvalue weighted by Gasteiger charge is 2.24. The SMILES string of the molecule is CCOC(=O)CC(O)C(O)c1ccccc1Nc1ccccc1. The minimum Gasteiger partial charge on any atom is -0.466 e. The highest BCUT2D eigenvalue weighted by molar-refractivity contribution is 5.70. The van der Waals surface area contributed by atoms with Crippen molar-refractivity contribution in [2.75, 3.05) is 11.9 Å². The summed E-state index contributed by atoms with van der Waals surface area (Å²) in [5.41, 5.74) is 2.06. The molecular weight excluding hydrogens is 294 g/mol. The van der Waals surface area contributed by atoms with Gasteiger partial charge in [-0.2, -0.15) is 0 Å². The molecule has 23 heavy (non-hydrogen) atoms. The van der Waals surface area contributed by atoms with Crippen molar-refractivity contribution < 1.29 is 19.7 Å². The van der Waals surface area contributed by atoms with E-state index in [0.29, 0.717) is 11.3 Å². The molecule has 3 N–H and O–H groups in total. The number of hydrogen-bond acceptors (Lipinski definition) is 5. The van der Waals surface area contributed by atoms with Crippen molar-refractivity contribution in [3.05, 3.63) is 60.2 Å². The van der Waals surface area contributed by atoms with E-state index in [-0.39, 0.29) is 13.0 Å². The lowest BCUT2D eigenvalue weighted by Gasteiger charge is -2.21. The van der Waals surface area contributed by atoms with Gasteiger partial charge in [0, 0.05) is 16.9 Å². The molecule has 0 aliphatic carbocycles. The van der Waals surface area contributed by atoms with Crippen LogP contribution in [-0.2, 0) is 9.53 Å². The van der Waals surface area contributed by atoms with Gasteiger partial charge in [-0.05, 0) is 25.1 Å². The van der Waals surface area contributed by atoms with Crippen LogP contribution >= 0.6 is 0 Å². The molecule has 5 nitrogen and oxygen atoms in total. The van der Waals surface area contributed by atoms with E-state index in [2.05, 4.69) is 5.32 Å². The molecule has 0 aliphatic heterocycles. The Morgan fingerprint density at radius 1 is 1.09 bits per heavy atom. The normalized spacial score (nSPS) is 13.2. The topological polar surface area (TPSA) is 78.8 Å². The van der Waals surface area contributed by atoms with Gasteiger partial charge in [0.1, 0.15) is 6.10 Å². The van der Waals surface area contributed by atoms with Crippen molar-refractivity contribution in [2.24, 2.45) is 0 Å². The quantitative estimate of drug-likeness (QED) is 0.685. The number of carbonyl (C=O) groups is 1. The summed E-state index contributed by atoms with van der Waals surface area (Å²) in [6.45, 7) is 1.94. The van der Waals surface area contributed by atoms with Gasteiger partial charge in [-0.15, -0.1) is 0 Å². The third kappa shape index (κ3) is 4.81. The van der Waals surface area contributed by atoms with Gasteiger partial charge in [-0.25, -0.2) is 0 Å². The summed E-state index contributed by atoms with van der Waals surface area (Å²) in [5.74, 6) is -0.535. The van der Waals surface area contributed by atoms with E-state index in [0.717, 1.165) is 5.69 Å². The molecule has 2 atom stereocenters. The summed E-state index contributed by atoms with van der Waals surface area (Å²) in [7, 11) is 0. The summed E-state index contributed by atoms with van der Waals surface area (Å²) in [5, 5.41) is 23.6. The van der Waals surface area contributed by atoms with E-state index in [1.54, 1.807) is 19.1 Å². The Hall–Kier alpha value is -2.37. The first-order chi connectivity index (χ1) is 11.1. The van der Waals surface area contributed by atoms with Gasteiger partial charge in [-0.1, -0.05) is 36.4 Å². The Morgan fingerprint density at radius 2 is 1.74 bits per heavy atom. The van der Waals surface area contributed by atoms with Gasteiger partial charge in [-0.3, -0.25) is 4.79 Å². The number of rotatable bonds is 7. The Balaban J connectivity index is 2.14. The highest BCUT2D eigenvalue weighted by atomic mass is 16.5. The molecule has 122 valence electrons. The number of aliphatic hydroxyl groups excluding tert-OH is 2. The molecule has 0 radical (unpaired) electrons. The molecule has 2 rings (SSSR count). The molecule has 0 amide bonds. The van der Waals surface area contributed by atoms with Crippen LogP contribution in [-0.4, -0.2) is 28.9 Å². The van der Waals surface area contributed by atoms with E-state index in [1.807, 2.05) is 42.5 Å². The number of para-hydroxylation sites is 2. The zero-order chi connectivity index (χ0) is 16.7. The van der Waals surface area contributed by atoms with Crippen molar-refractivity contribution in [3.63, 3.8) is 0 Å². The van der Waals surface area contributed by atoms with Crippen molar-refractivity contribution >= 4 is 17.3 Å². The molecule has 0 fully saturated rings. The van der Waals surface area contributed by atoms with Gasteiger partial charge in [0.25, 0.3) is 0 Å². The minimum absolute atomic E-state index is 0.244. The highest BCUT2D eigenvalue weighted by Crippen LogP contribution is 2.29. The van der Waals surface area contributed by atoms with Crippen LogP contribution in [0.1, 0.15) is 25.0 Å². The lowest BCUT2D eigenvalue weighted by molar-refractivity contribution is -0.147. The number of hydrogen-bond donors (Lipinski definition) is 3. The molecule has 0 saturated carbocycles. The van der Waals surface area contributed by atoms with Crippen LogP contribution in [0.2, 0.25) is 0 Å². The monoisotopic (exact) mass is 315 g/mol. The van der Waals surface area contributed by atoms with Crippen LogP contribution in [0, 0.1) is 0 Å². The molecule has 0 heterocycles. The van der Waals surface area contributed by atoms with Crippen LogP contribution in [0.5, 0.6) is 0 Å². The van der Waals surface area contributed by atoms with Gasteiger partial charge < -0.3 is 20.3 Å². The Kier molecular flexibility index (Phi) is 6.14. The average Bonchev–Trinajstić information content (AvgIpc) is 2.56. The Labute approximate surface area is 135 Å². The summed E-state index contributed by atoms with van der Waals surface area (Å²) >= 11 is 0. The number of ether oxygens (including phenoxy) is 1. The number of carbonyl (C=O) groups excluding carboxylic acids is 1. The molecule has 0 saturated heterocycles. The lowest BCUT2D eigenvalue weighted by atomic mass is 10.00. The fourth-order valence-electron chi connectivity index (χ4n) is 2.26. The van der Waals surface area contributed by atoms with Crippen LogP contribution < -0.4 is 5.32 Å². The summed E-state index contributed by atoms with van der Waals surface area (Å²) in [4.78, 5) is 11.5. The first kappa shape index (κ1) is 17.0. The summed E-state index contributed by atoms with van der Waals surface area (Å²) < 4.78 is 4.80. The number of aliphatic hydroxyl groups is 2. The van der Waals surface area contributed by atoms with Crippen LogP contribution in [0.4, 0.5) is 11.4 Å². The third-order valence-electron chi connectivity index (χ3n) is 3.38. The number of nitrogens with one attached hydrogen (secondary N) is 1. The molecule has 0 bridgehead atoms. The van der Waals surface area contributed by atoms with E-state index in [4.69, 9.17) is 4.74 Å².